The minimum absolute atomic E-state index is 0.103. The molecule has 0 amide bonds. The fraction of sp³-hybridized carbons (Fsp3) is 0.935. The SMILES string of the molecule is CCCCCCCCCCCCCCCC(=O)O[C@H](COC(=O)CCCCCCCCCCCCC)COP(=O)(O)OC[C@@H](O)COP(=O)(O)OC[C@@H](COC(=O)CCCCCCCCC)OC(=O)CCCCCCCCCC(C)C. The second-order valence-corrected chi connectivity index (χ2v) is 25.8. The summed E-state index contributed by atoms with van der Waals surface area (Å²) in [5, 5.41) is 10.5. The maximum absolute atomic E-state index is 13.0. The van der Waals surface area contributed by atoms with Crippen LogP contribution in [0, 0.1) is 5.92 Å². The number of hydrogen-bond acceptors (Lipinski definition) is 15. The van der Waals surface area contributed by atoms with Gasteiger partial charge in [-0.15, -0.1) is 0 Å². The van der Waals surface area contributed by atoms with Crippen LogP contribution in [0.15, 0.2) is 0 Å². The second kappa shape index (κ2) is 55.9. The van der Waals surface area contributed by atoms with Gasteiger partial charge in [-0.3, -0.25) is 37.3 Å². The summed E-state index contributed by atoms with van der Waals surface area (Å²) in [7, 11) is -9.88. The van der Waals surface area contributed by atoms with Gasteiger partial charge in [0.1, 0.15) is 19.3 Å². The van der Waals surface area contributed by atoms with Gasteiger partial charge in [0.15, 0.2) is 12.2 Å². The summed E-state index contributed by atoms with van der Waals surface area (Å²) in [5.41, 5.74) is 0. The number of phosphoric ester groups is 2. The number of unbranched alkanes of at least 4 members (excludes halogenated alkanes) is 34. The number of phosphoric acid groups is 2. The first-order chi connectivity index (χ1) is 39.0. The van der Waals surface area contributed by atoms with Crippen LogP contribution in [0.4, 0.5) is 0 Å². The quantitative estimate of drug-likeness (QED) is 0.0222. The van der Waals surface area contributed by atoms with Gasteiger partial charge in [-0.1, -0.05) is 259 Å². The highest BCUT2D eigenvalue weighted by molar-refractivity contribution is 7.47. The maximum atomic E-state index is 13.0. The molecule has 2 unspecified atom stereocenters. The lowest BCUT2D eigenvalue weighted by Gasteiger charge is -2.21. The van der Waals surface area contributed by atoms with E-state index in [9.17, 15) is 43.2 Å². The van der Waals surface area contributed by atoms with E-state index in [-0.39, 0.29) is 25.7 Å². The van der Waals surface area contributed by atoms with Crippen molar-refractivity contribution in [2.45, 2.75) is 329 Å². The average molecular weight is 1200 g/mol. The standard InChI is InChI=1S/C62H120O17P2/c1-6-9-12-15-18-20-22-23-25-27-32-37-42-47-61(66)78-58(52-73-60(65)46-41-36-31-26-24-21-19-16-13-10-7-2)54-77-81(70,71)75-50-56(63)49-74-80(68,69)76-53-57(51-72-59(64)45-40-35-29-17-14-11-8-3)79-62(67)48-43-38-33-28-30-34-39-44-55(4)5/h55-58,63H,6-54H2,1-5H3,(H,68,69)(H,70,71)/t56-,57+,58+/m0/s1. The Labute approximate surface area is 492 Å². The number of ether oxygens (including phenoxy) is 4. The summed E-state index contributed by atoms with van der Waals surface area (Å²) in [6, 6.07) is 0. The van der Waals surface area contributed by atoms with E-state index in [0.717, 1.165) is 103 Å². The van der Waals surface area contributed by atoms with Crippen LogP contribution < -0.4 is 0 Å². The zero-order chi connectivity index (χ0) is 59.9. The van der Waals surface area contributed by atoms with Crippen molar-refractivity contribution < 1.29 is 80.2 Å². The first-order valence-corrected chi connectivity index (χ1v) is 35.6. The third-order valence-corrected chi connectivity index (χ3v) is 16.2. The highest BCUT2D eigenvalue weighted by atomic mass is 31.2. The molecule has 3 N–H and O–H groups in total. The van der Waals surface area contributed by atoms with E-state index >= 15 is 0 Å². The molecule has 0 rings (SSSR count). The lowest BCUT2D eigenvalue weighted by atomic mass is 10.0. The number of carbonyl (C=O) groups excluding carboxylic acids is 4. The molecule has 19 heteroatoms. The first kappa shape index (κ1) is 79.1. The zero-order valence-corrected chi connectivity index (χ0v) is 53.7. The highest BCUT2D eigenvalue weighted by Crippen LogP contribution is 2.45. The summed E-state index contributed by atoms with van der Waals surface area (Å²) in [5.74, 6) is -1.44. The lowest BCUT2D eigenvalue weighted by Crippen LogP contribution is -2.30. The Morgan fingerprint density at radius 3 is 0.840 bits per heavy atom. The monoisotopic (exact) mass is 1200 g/mol. The molecule has 0 aliphatic heterocycles. The molecular formula is C62H120O17P2. The van der Waals surface area contributed by atoms with E-state index in [1.165, 1.54) is 122 Å². The largest absolute Gasteiger partial charge is 0.472 e. The minimum atomic E-state index is -4.94. The Balaban J connectivity index is 5.21. The highest BCUT2D eigenvalue weighted by Gasteiger charge is 2.30. The fourth-order valence-electron chi connectivity index (χ4n) is 9.23. The molecule has 17 nitrogen and oxygen atoms in total. The van der Waals surface area contributed by atoms with Crippen LogP contribution in [0.2, 0.25) is 0 Å². The zero-order valence-electron chi connectivity index (χ0n) is 51.9. The number of rotatable bonds is 62. The molecule has 480 valence electrons. The molecular weight excluding hydrogens is 1080 g/mol. The molecule has 0 heterocycles. The van der Waals surface area contributed by atoms with Crippen molar-refractivity contribution in [2.75, 3.05) is 39.6 Å². The van der Waals surface area contributed by atoms with Crippen molar-refractivity contribution in [1.82, 2.24) is 0 Å². The van der Waals surface area contributed by atoms with Gasteiger partial charge in [0.25, 0.3) is 0 Å². The molecule has 81 heavy (non-hydrogen) atoms. The van der Waals surface area contributed by atoms with Crippen molar-refractivity contribution in [3.05, 3.63) is 0 Å². The Morgan fingerprint density at radius 2 is 0.568 bits per heavy atom. The molecule has 0 aromatic rings. The van der Waals surface area contributed by atoms with E-state index in [2.05, 4.69) is 34.6 Å². The molecule has 5 atom stereocenters. The number of aliphatic hydroxyl groups is 1. The molecule has 0 aliphatic carbocycles. The van der Waals surface area contributed by atoms with Crippen LogP contribution in [0.1, 0.15) is 311 Å². The van der Waals surface area contributed by atoms with Gasteiger partial charge < -0.3 is 33.8 Å². The Kier molecular flexibility index (Phi) is 54.6. The predicted octanol–water partition coefficient (Wildman–Crippen LogP) is 17.0. The molecule has 0 aromatic carbocycles. The maximum Gasteiger partial charge on any atom is 0.472 e. The van der Waals surface area contributed by atoms with Crippen LogP contribution >= 0.6 is 15.6 Å². The van der Waals surface area contributed by atoms with Crippen molar-refractivity contribution in [2.24, 2.45) is 5.92 Å². The molecule has 0 aliphatic rings. The lowest BCUT2D eigenvalue weighted by molar-refractivity contribution is -0.161. The van der Waals surface area contributed by atoms with E-state index in [4.69, 9.17) is 37.0 Å². The van der Waals surface area contributed by atoms with E-state index in [0.29, 0.717) is 31.6 Å². The van der Waals surface area contributed by atoms with Gasteiger partial charge in [-0.2, -0.15) is 0 Å². The van der Waals surface area contributed by atoms with E-state index < -0.39 is 97.5 Å². The summed E-state index contributed by atoms with van der Waals surface area (Å²) in [4.78, 5) is 72.0. The van der Waals surface area contributed by atoms with Gasteiger partial charge in [-0.25, -0.2) is 9.13 Å². The smallest absolute Gasteiger partial charge is 0.462 e. The molecule has 0 fully saturated rings. The van der Waals surface area contributed by atoms with E-state index in [1.54, 1.807) is 0 Å². The Hall–Kier alpha value is -1.94. The van der Waals surface area contributed by atoms with Crippen LogP contribution in [-0.4, -0.2) is 96.7 Å². The van der Waals surface area contributed by atoms with Crippen LogP contribution in [0.3, 0.4) is 0 Å². The van der Waals surface area contributed by atoms with E-state index in [1.807, 2.05) is 0 Å². The van der Waals surface area contributed by atoms with Gasteiger partial charge in [0.2, 0.25) is 0 Å². The van der Waals surface area contributed by atoms with Gasteiger partial charge in [-0.05, 0) is 31.6 Å². The normalized spacial score (nSPS) is 14.3. The Bertz CT molecular complexity index is 1580. The Morgan fingerprint density at radius 1 is 0.333 bits per heavy atom. The average Bonchev–Trinajstić information content (AvgIpc) is 3.43. The summed E-state index contributed by atoms with van der Waals surface area (Å²) in [6.07, 6.45) is 39.0. The van der Waals surface area contributed by atoms with Gasteiger partial charge >= 0.3 is 39.5 Å². The third-order valence-electron chi connectivity index (χ3n) is 14.3. The summed E-state index contributed by atoms with van der Waals surface area (Å²) in [6.45, 7) is 7.08. The van der Waals surface area contributed by atoms with Crippen LogP contribution in [0.25, 0.3) is 0 Å². The molecule has 0 aromatic heterocycles. The number of esters is 4. The molecule has 0 spiro atoms. The fourth-order valence-corrected chi connectivity index (χ4v) is 10.8. The number of carbonyl (C=O) groups is 4. The molecule has 0 saturated heterocycles. The second-order valence-electron chi connectivity index (χ2n) is 22.9. The summed E-state index contributed by atoms with van der Waals surface area (Å²) < 4.78 is 67.8. The molecule has 0 bridgehead atoms. The summed E-state index contributed by atoms with van der Waals surface area (Å²) >= 11 is 0. The molecule has 0 radical (unpaired) electrons. The number of aliphatic hydroxyl groups excluding tert-OH is 1. The van der Waals surface area contributed by atoms with Crippen molar-refractivity contribution in [3.8, 4) is 0 Å². The van der Waals surface area contributed by atoms with Gasteiger partial charge in [0.05, 0.1) is 26.4 Å². The van der Waals surface area contributed by atoms with Crippen molar-refractivity contribution >= 4 is 39.5 Å². The first-order valence-electron chi connectivity index (χ1n) is 32.6. The van der Waals surface area contributed by atoms with Crippen molar-refractivity contribution in [3.63, 3.8) is 0 Å². The third kappa shape index (κ3) is 56.9. The van der Waals surface area contributed by atoms with Crippen molar-refractivity contribution in [1.29, 1.82) is 0 Å². The predicted molar refractivity (Wildman–Crippen MR) is 322 cm³/mol. The minimum Gasteiger partial charge on any atom is -0.462 e. The van der Waals surface area contributed by atoms with Crippen LogP contribution in [0.5, 0.6) is 0 Å². The van der Waals surface area contributed by atoms with Gasteiger partial charge in [0, 0.05) is 25.7 Å². The van der Waals surface area contributed by atoms with Crippen LogP contribution in [-0.2, 0) is 65.4 Å². The topological polar surface area (TPSA) is 237 Å². The molecule has 0 saturated carbocycles. The number of hydrogen-bond donors (Lipinski definition) is 3.